The maximum atomic E-state index is 6.15. The van der Waals surface area contributed by atoms with E-state index in [9.17, 15) is 0 Å². The van der Waals surface area contributed by atoms with Gasteiger partial charge in [0.2, 0.25) is 0 Å². The van der Waals surface area contributed by atoms with Crippen molar-refractivity contribution in [1.82, 2.24) is 5.32 Å². The third-order valence-electron chi connectivity index (χ3n) is 2.93. The normalized spacial score (nSPS) is 15.4. The fraction of sp³-hybridized carbons (Fsp3) is 0.692. The van der Waals surface area contributed by atoms with Crippen molar-refractivity contribution >= 4 is 22.9 Å². The number of halogens is 1. The first-order valence-electron chi connectivity index (χ1n) is 5.96. The van der Waals surface area contributed by atoms with E-state index in [1.54, 1.807) is 11.3 Å². The molecule has 1 heterocycles. The predicted molar refractivity (Wildman–Crippen MR) is 74.6 cm³/mol. The first-order chi connectivity index (χ1) is 7.52. The number of rotatable bonds is 6. The van der Waals surface area contributed by atoms with Crippen LogP contribution < -0.4 is 5.32 Å². The minimum absolute atomic E-state index is 0.534. The van der Waals surface area contributed by atoms with Gasteiger partial charge < -0.3 is 5.32 Å². The van der Waals surface area contributed by atoms with Crippen LogP contribution in [0, 0.1) is 11.8 Å². The molecule has 1 nitrogen and oxygen atoms in total. The summed E-state index contributed by atoms with van der Waals surface area (Å²) in [7, 11) is 0. The summed E-state index contributed by atoms with van der Waals surface area (Å²) >= 11 is 7.92. The van der Waals surface area contributed by atoms with Crippen LogP contribution in [0.15, 0.2) is 11.4 Å². The Morgan fingerprint density at radius 1 is 1.25 bits per heavy atom. The largest absolute Gasteiger partial charge is 0.316 e. The standard InChI is InChI=1S/C13H22ClNS/c1-9(2)7-15-8-10(3)11(4)13-12(14)5-6-16-13/h5-6,9-11,15H,7-8H2,1-4H3. The molecule has 0 saturated heterocycles. The quantitative estimate of drug-likeness (QED) is 0.799. The molecule has 16 heavy (non-hydrogen) atoms. The fourth-order valence-electron chi connectivity index (χ4n) is 1.67. The summed E-state index contributed by atoms with van der Waals surface area (Å²) < 4.78 is 0. The molecule has 0 aromatic carbocycles. The highest BCUT2D eigenvalue weighted by Gasteiger charge is 2.17. The zero-order valence-corrected chi connectivity index (χ0v) is 12.2. The molecule has 2 atom stereocenters. The van der Waals surface area contributed by atoms with Crippen molar-refractivity contribution in [2.45, 2.75) is 33.6 Å². The summed E-state index contributed by atoms with van der Waals surface area (Å²) in [5.74, 6) is 1.87. The second kappa shape index (κ2) is 6.63. The molecule has 1 rings (SSSR count). The van der Waals surface area contributed by atoms with Gasteiger partial charge in [-0.25, -0.2) is 0 Å². The van der Waals surface area contributed by atoms with Crippen molar-refractivity contribution in [3.05, 3.63) is 21.3 Å². The van der Waals surface area contributed by atoms with Gasteiger partial charge in [-0.1, -0.05) is 39.3 Å². The second-order valence-electron chi connectivity index (χ2n) is 4.95. The lowest BCUT2D eigenvalue weighted by atomic mass is 9.94. The van der Waals surface area contributed by atoms with Crippen molar-refractivity contribution in [3.8, 4) is 0 Å². The van der Waals surface area contributed by atoms with Gasteiger partial charge in [0.25, 0.3) is 0 Å². The van der Waals surface area contributed by atoms with E-state index in [-0.39, 0.29) is 0 Å². The van der Waals surface area contributed by atoms with Crippen molar-refractivity contribution < 1.29 is 0 Å². The minimum Gasteiger partial charge on any atom is -0.316 e. The third kappa shape index (κ3) is 4.08. The molecule has 1 N–H and O–H groups in total. The van der Waals surface area contributed by atoms with Gasteiger partial charge in [0, 0.05) is 4.88 Å². The number of nitrogens with one attached hydrogen (secondary N) is 1. The Morgan fingerprint density at radius 2 is 1.94 bits per heavy atom. The molecule has 0 saturated carbocycles. The molecule has 3 heteroatoms. The van der Waals surface area contributed by atoms with Crippen LogP contribution in [0.5, 0.6) is 0 Å². The Labute approximate surface area is 108 Å². The monoisotopic (exact) mass is 259 g/mol. The third-order valence-corrected chi connectivity index (χ3v) is 4.49. The van der Waals surface area contributed by atoms with Crippen molar-refractivity contribution in [3.63, 3.8) is 0 Å². The molecule has 92 valence electrons. The van der Waals surface area contributed by atoms with Gasteiger partial charge in [-0.15, -0.1) is 11.3 Å². The zero-order chi connectivity index (χ0) is 12.1. The van der Waals surface area contributed by atoms with E-state index in [0.29, 0.717) is 17.8 Å². The maximum Gasteiger partial charge on any atom is 0.0547 e. The molecular formula is C13H22ClNS. The van der Waals surface area contributed by atoms with Gasteiger partial charge in [0.05, 0.1) is 5.02 Å². The number of hydrogen-bond acceptors (Lipinski definition) is 2. The summed E-state index contributed by atoms with van der Waals surface area (Å²) in [5, 5.41) is 6.50. The van der Waals surface area contributed by atoms with Crippen molar-refractivity contribution in [2.75, 3.05) is 13.1 Å². The molecule has 1 aromatic heterocycles. The molecule has 0 spiro atoms. The average Bonchev–Trinajstić information content (AvgIpc) is 2.62. The van der Waals surface area contributed by atoms with Gasteiger partial charge in [0.15, 0.2) is 0 Å². The molecule has 0 fully saturated rings. The fourth-order valence-corrected chi connectivity index (χ4v) is 3.09. The van der Waals surface area contributed by atoms with E-state index in [2.05, 4.69) is 38.4 Å². The SMILES string of the molecule is CC(C)CNCC(C)C(C)c1sccc1Cl. The lowest BCUT2D eigenvalue weighted by molar-refractivity contribution is 0.432. The summed E-state index contributed by atoms with van der Waals surface area (Å²) in [6, 6.07) is 1.99. The molecule has 0 amide bonds. The van der Waals surface area contributed by atoms with Crippen LogP contribution in [0.1, 0.15) is 38.5 Å². The van der Waals surface area contributed by atoms with Gasteiger partial charge in [-0.2, -0.15) is 0 Å². The van der Waals surface area contributed by atoms with Gasteiger partial charge in [-0.3, -0.25) is 0 Å². The van der Waals surface area contributed by atoms with Crippen LogP contribution in [0.3, 0.4) is 0 Å². The number of hydrogen-bond donors (Lipinski definition) is 1. The summed E-state index contributed by atoms with van der Waals surface area (Å²) in [5.41, 5.74) is 0. The highest BCUT2D eigenvalue weighted by molar-refractivity contribution is 7.10. The molecule has 0 aliphatic rings. The summed E-state index contributed by atoms with van der Waals surface area (Å²) in [6.45, 7) is 11.2. The van der Waals surface area contributed by atoms with E-state index in [0.717, 1.165) is 18.1 Å². The van der Waals surface area contributed by atoms with Gasteiger partial charge in [0.1, 0.15) is 0 Å². The van der Waals surface area contributed by atoms with Crippen LogP contribution in [0.4, 0.5) is 0 Å². The first-order valence-corrected chi connectivity index (χ1v) is 7.21. The van der Waals surface area contributed by atoms with E-state index in [1.165, 1.54) is 4.88 Å². The molecule has 0 bridgehead atoms. The highest BCUT2D eigenvalue weighted by Crippen LogP contribution is 2.34. The number of thiophene rings is 1. The lowest BCUT2D eigenvalue weighted by Crippen LogP contribution is -2.27. The predicted octanol–water partition coefficient (Wildman–Crippen LogP) is 4.39. The summed E-state index contributed by atoms with van der Waals surface area (Å²) in [6.07, 6.45) is 0. The van der Waals surface area contributed by atoms with Crippen LogP contribution in [0.2, 0.25) is 5.02 Å². The van der Waals surface area contributed by atoms with Crippen LogP contribution in [0.25, 0.3) is 0 Å². The highest BCUT2D eigenvalue weighted by atomic mass is 35.5. The van der Waals surface area contributed by atoms with Gasteiger partial charge in [-0.05, 0) is 42.3 Å². The summed E-state index contributed by atoms with van der Waals surface area (Å²) in [4.78, 5) is 1.32. The zero-order valence-electron chi connectivity index (χ0n) is 10.6. The molecule has 2 unspecified atom stereocenters. The Balaban J connectivity index is 2.42. The molecule has 0 aliphatic heterocycles. The van der Waals surface area contributed by atoms with Gasteiger partial charge >= 0.3 is 0 Å². The molecule has 0 aliphatic carbocycles. The topological polar surface area (TPSA) is 12.0 Å². The maximum absolute atomic E-state index is 6.15. The van der Waals surface area contributed by atoms with E-state index < -0.39 is 0 Å². The van der Waals surface area contributed by atoms with Crippen LogP contribution >= 0.6 is 22.9 Å². The molecular weight excluding hydrogens is 238 g/mol. The van der Waals surface area contributed by atoms with Crippen LogP contribution in [-0.4, -0.2) is 13.1 Å². The van der Waals surface area contributed by atoms with Crippen LogP contribution in [-0.2, 0) is 0 Å². The Morgan fingerprint density at radius 3 is 2.44 bits per heavy atom. The minimum atomic E-state index is 0.534. The molecule has 0 radical (unpaired) electrons. The van der Waals surface area contributed by atoms with Crippen molar-refractivity contribution in [2.24, 2.45) is 11.8 Å². The lowest BCUT2D eigenvalue weighted by Gasteiger charge is -2.20. The van der Waals surface area contributed by atoms with E-state index >= 15 is 0 Å². The smallest absolute Gasteiger partial charge is 0.0547 e. The Kier molecular flexibility index (Phi) is 5.81. The Hall–Kier alpha value is -0.0500. The van der Waals surface area contributed by atoms with E-state index in [4.69, 9.17) is 11.6 Å². The molecule has 1 aromatic rings. The average molecular weight is 260 g/mol. The first kappa shape index (κ1) is 14.0. The Bertz CT molecular complexity index is 309. The van der Waals surface area contributed by atoms with E-state index in [1.807, 2.05) is 6.07 Å². The second-order valence-corrected chi connectivity index (χ2v) is 6.31. The van der Waals surface area contributed by atoms with Crippen molar-refractivity contribution in [1.29, 1.82) is 0 Å².